The van der Waals surface area contributed by atoms with Gasteiger partial charge in [-0.05, 0) is 36.4 Å². The molecule has 0 atom stereocenters. The van der Waals surface area contributed by atoms with Crippen molar-refractivity contribution < 1.29 is 22.7 Å². The first kappa shape index (κ1) is 16.3. The quantitative estimate of drug-likeness (QED) is 0.658. The monoisotopic (exact) mass is 349 g/mol. The first-order valence-corrected chi connectivity index (χ1v) is 7.87. The van der Waals surface area contributed by atoms with Gasteiger partial charge in [-0.25, -0.2) is 0 Å². The van der Waals surface area contributed by atoms with E-state index in [9.17, 15) is 13.6 Å². The zero-order valence-corrected chi connectivity index (χ0v) is 13.4. The van der Waals surface area contributed by atoms with E-state index in [1.165, 1.54) is 19.2 Å². The zero-order valence-electron chi connectivity index (χ0n) is 12.6. The van der Waals surface area contributed by atoms with E-state index < -0.39 is 11.7 Å². The molecule has 0 aliphatic heterocycles. The average molecular weight is 349 g/mol. The molecule has 2 aromatic carbocycles. The molecule has 124 valence electrons. The number of hydrogen-bond acceptors (Lipinski definition) is 4. The summed E-state index contributed by atoms with van der Waals surface area (Å²) < 4.78 is 35.3. The smallest absolute Gasteiger partial charge is 0.291 e. The van der Waals surface area contributed by atoms with E-state index >= 15 is 0 Å². The van der Waals surface area contributed by atoms with Gasteiger partial charge in [0, 0.05) is 16.0 Å². The van der Waals surface area contributed by atoms with Crippen LogP contribution in [0.15, 0.2) is 57.8 Å². The van der Waals surface area contributed by atoms with Crippen LogP contribution >= 0.6 is 11.8 Å². The van der Waals surface area contributed by atoms with Gasteiger partial charge in [-0.3, -0.25) is 4.79 Å². The Kier molecular flexibility index (Phi) is 4.71. The summed E-state index contributed by atoms with van der Waals surface area (Å²) in [7, 11) is 1.52. The van der Waals surface area contributed by atoms with Crippen LogP contribution in [0, 0.1) is 0 Å². The van der Waals surface area contributed by atoms with Crippen LogP contribution in [0.25, 0.3) is 11.0 Å². The van der Waals surface area contributed by atoms with E-state index in [2.05, 4.69) is 5.32 Å². The number of carbonyl (C=O) groups is 1. The molecule has 0 spiro atoms. The molecule has 3 rings (SSSR count). The number of ether oxygens (including phenoxy) is 1. The number of alkyl halides is 2. The molecule has 24 heavy (non-hydrogen) atoms. The molecular formula is C17H13F2NO3S. The predicted molar refractivity (Wildman–Crippen MR) is 89.0 cm³/mol. The number of carbonyl (C=O) groups excluding carboxylic acids is 1. The van der Waals surface area contributed by atoms with E-state index in [1.54, 1.807) is 30.3 Å². The van der Waals surface area contributed by atoms with Gasteiger partial charge in [0.05, 0.1) is 7.11 Å². The number of furan rings is 1. The summed E-state index contributed by atoms with van der Waals surface area (Å²) in [4.78, 5) is 12.7. The van der Waals surface area contributed by atoms with Crippen LogP contribution in [-0.4, -0.2) is 18.8 Å². The van der Waals surface area contributed by atoms with Crippen molar-refractivity contribution in [2.24, 2.45) is 0 Å². The van der Waals surface area contributed by atoms with Crippen LogP contribution in [0.3, 0.4) is 0 Å². The molecule has 0 aliphatic rings. The van der Waals surface area contributed by atoms with Crippen LogP contribution in [0.2, 0.25) is 0 Å². The summed E-state index contributed by atoms with van der Waals surface area (Å²) in [6.07, 6.45) is 0. The molecule has 1 N–H and O–H groups in total. The van der Waals surface area contributed by atoms with Gasteiger partial charge in [0.15, 0.2) is 17.1 Å². The molecule has 1 aromatic heterocycles. The molecule has 3 aromatic rings. The van der Waals surface area contributed by atoms with Crippen LogP contribution in [-0.2, 0) is 0 Å². The van der Waals surface area contributed by atoms with Crippen molar-refractivity contribution in [3.05, 3.63) is 54.3 Å². The van der Waals surface area contributed by atoms with Crippen molar-refractivity contribution >= 4 is 34.3 Å². The van der Waals surface area contributed by atoms with Crippen LogP contribution in [0.1, 0.15) is 10.6 Å². The van der Waals surface area contributed by atoms with Crippen LogP contribution in [0.5, 0.6) is 5.75 Å². The summed E-state index contributed by atoms with van der Waals surface area (Å²) in [6.45, 7) is 0. The molecule has 0 unspecified atom stereocenters. The van der Waals surface area contributed by atoms with E-state index in [1.807, 2.05) is 6.07 Å². The lowest BCUT2D eigenvalue weighted by Crippen LogP contribution is -2.10. The third kappa shape index (κ3) is 3.51. The normalized spacial score (nSPS) is 11.0. The molecule has 0 saturated heterocycles. The number of fused-ring (bicyclic) bond motifs is 1. The second kappa shape index (κ2) is 6.92. The molecule has 0 fully saturated rings. The number of nitrogens with one attached hydrogen (secondary N) is 1. The van der Waals surface area contributed by atoms with Gasteiger partial charge in [-0.15, -0.1) is 0 Å². The number of amides is 1. The Balaban J connectivity index is 1.77. The minimum atomic E-state index is -2.48. The van der Waals surface area contributed by atoms with Crippen molar-refractivity contribution in [1.29, 1.82) is 0 Å². The van der Waals surface area contributed by atoms with Crippen molar-refractivity contribution in [3.8, 4) is 5.75 Å². The van der Waals surface area contributed by atoms with Gasteiger partial charge < -0.3 is 14.5 Å². The molecule has 1 heterocycles. The fraction of sp³-hybridized carbons (Fsp3) is 0.118. The predicted octanol–water partition coefficient (Wildman–Crippen LogP) is 5.01. The minimum absolute atomic E-state index is 0.139. The Bertz CT molecular complexity index is 862. The van der Waals surface area contributed by atoms with Crippen molar-refractivity contribution in [3.63, 3.8) is 0 Å². The fourth-order valence-corrected chi connectivity index (χ4v) is 2.72. The van der Waals surface area contributed by atoms with E-state index in [4.69, 9.17) is 9.15 Å². The summed E-state index contributed by atoms with van der Waals surface area (Å²) >= 11 is 0.451. The molecule has 0 aliphatic carbocycles. The molecule has 0 saturated carbocycles. The average Bonchev–Trinajstić information content (AvgIpc) is 3.00. The highest BCUT2D eigenvalue weighted by Crippen LogP contribution is 2.29. The second-order valence-electron chi connectivity index (χ2n) is 4.85. The first-order chi connectivity index (χ1) is 11.6. The fourth-order valence-electron chi connectivity index (χ4n) is 2.22. The molecular weight excluding hydrogens is 336 g/mol. The first-order valence-electron chi connectivity index (χ1n) is 6.99. The third-order valence-electron chi connectivity index (χ3n) is 3.29. The number of benzene rings is 2. The molecule has 0 radical (unpaired) electrons. The van der Waals surface area contributed by atoms with Crippen molar-refractivity contribution in [2.45, 2.75) is 10.7 Å². The van der Waals surface area contributed by atoms with E-state index in [0.29, 0.717) is 33.7 Å². The standard InChI is InChI=1S/C17H13F2NO3S/c1-22-13-4-2-3-10-9-14(23-15(10)13)16(21)20-11-5-7-12(8-6-11)24-17(18)19/h2-9,17H,1H3,(H,20,21). The lowest BCUT2D eigenvalue weighted by atomic mass is 10.2. The topological polar surface area (TPSA) is 51.5 Å². The molecule has 4 nitrogen and oxygen atoms in total. The summed E-state index contributed by atoms with van der Waals surface area (Å²) in [5.41, 5.74) is 0.986. The minimum Gasteiger partial charge on any atom is -0.493 e. The summed E-state index contributed by atoms with van der Waals surface area (Å²) in [5, 5.41) is 3.42. The van der Waals surface area contributed by atoms with Gasteiger partial charge in [0.2, 0.25) is 0 Å². The summed E-state index contributed by atoms with van der Waals surface area (Å²) in [5.74, 6) is -2.22. The number of hydrogen-bond donors (Lipinski definition) is 1. The maximum atomic E-state index is 12.3. The Morgan fingerprint density at radius 2 is 1.96 bits per heavy atom. The number of para-hydroxylation sites is 1. The van der Waals surface area contributed by atoms with Gasteiger partial charge >= 0.3 is 0 Å². The largest absolute Gasteiger partial charge is 0.493 e. The third-order valence-corrected chi connectivity index (χ3v) is 4.01. The van der Waals surface area contributed by atoms with Gasteiger partial charge in [-0.1, -0.05) is 23.9 Å². The Labute approximate surface area is 140 Å². The Morgan fingerprint density at radius 1 is 1.21 bits per heavy atom. The highest BCUT2D eigenvalue weighted by molar-refractivity contribution is 7.99. The highest BCUT2D eigenvalue weighted by atomic mass is 32.2. The maximum Gasteiger partial charge on any atom is 0.291 e. The lowest BCUT2D eigenvalue weighted by Gasteiger charge is -2.05. The Hall–Kier alpha value is -2.54. The van der Waals surface area contributed by atoms with Gasteiger partial charge in [0.1, 0.15) is 0 Å². The maximum absolute atomic E-state index is 12.3. The number of methoxy groups -OCH3 is 1. The van der Waals surface area contributed by atoms with Crippen LogP contribution in [0.4, 0.5) is 14.5 Å². The van der Waals surface area contributed by atoms with Gasteiger partial charge in [0.25, 0.3) is 11.7 Å². The molecule has 1 amide bonds. The Morgan fingerprint density at radius 3 is 2.62 bits per heavy atom. The number of thioether (sulfide) groups is 1. The number of anilines is 1. The van der Waals surface area contributed by atoms with Crippen LogP contribution < -0.4 is 10.1 Å². The van der Waals surface area contributed by atoms with Crippen molar-refractivity contribution in [2.75, 3.05) is 12.4 Å². The zero-order chi connectivity index (χ0) is 17.1. The number of rotatable bonds is 5. The van der Waals surface area contributed by atoms with E-state index in [0.717, 1.165) is 5.39 Å². The second-order valence-corrected chi connectivity index (χ2v) is 5.91. The van der Waals surface area contributed by atoms with Crippen molar-refractivity contribution in [1.82, 2.24) is 0 Å². The highest BCUT2D eigenvalue weighted by Gasteiger charge is 2.15. The van der Waals surface area contributed by atoms with E-state index in [-0.39, 0.29) is 5.76 Å². The summed E-state index contributed by atoms with van der Waals surface area (Å²) in [6, 6.07) is 13.1. The molecule has 0 bridgehead atoms. The number of halogens is 2. The SMILES string of the molecule is COc1cccc2cc(C(=O)Nc3ccc(SC(F)F)cc3)oc12. The van der Waals surface area contributed by atoms with Gasteiger partial charge in [-0.2, -0.15) is 8.78 Å². The molecule has 7 heteroatoms. The lowest BCUT2D eigenvalue weighted by molar-refractivity contribution is 0.0998.